The van der Waals surface area contributed by atoms with Crippen LogP contribution in [0.3, 0.4) is 0 Å². The first-order valence-electron chi connectivity index (χ1n) is 4.13. The van der Waals surface area contributed by atoms with Crippen molar-refractivity contribution in [3.05, 3.63) is 29.8 Å². The van der Waals surface area contributed by atoms with Crippen molar-refractivity contribution in [2.45, 2.75) is 6.92 Å². The molecule has 0 radical (unpaired) electrons. The summed E-state index contributed by atoms with van der Waals surface area (Å²) in [5, 5.41) is 11.0. The van der Waals surface area contributed by atoms with Gasteiger partial charge in [-0.15, -0.1) is 0 Å². The van der Waals surface area contributed by atoms with Crippen LogP contribution in [0.15, 0.2) is 24.3 Å². The molecule has 0 atom stereocenters. The lowest BCUT2D eigenvalue weighted by Crippen LogP contribution is -2.13. The van der Waals surface area contributed by atoms with E-state index in [2.05, 4.69) is 21.0 Å². The van der Waals surface area contributed by atoms with Gasteiger partial charge in [0, 0.05) is 0 Å². The van der Waals surface area contributed by atoms with Crippen LogP contribution < -0.4 is 11.3 Å². The van der Waals surface area contributed by atoms with E-state index in [0.29, 0.717) is 5.95 Å². The number of nitrogen functional groups attached to an aromatic ring is 1. The number of nitrogens with one attached hydrogen (secondary N) is 1. The minimum atomic E-state index is 0.411. The highest BCUT2D eigenvalue weighted by molar-refractivity contribution is 5.39. The van der Waals surface area contributed by atoms with Crippen LogP contribution >= 0.6 is 0 Å². The minimum Gasteiger partial charge on any atom is -0.291 e. The lowest BCUT2D eigenvalue weighted by Gasteiger charge is -2.02. The van der Waals surface area contributed by atoms with Crippen molar-refractivity contribution in [1.29, 1.82) is 0 Å². The van der Waals surface area contributed by atoms with E-state index >= 15 is 0 Å². The molecule has 1 heterocycles. The maximum absolute atomic E-state index is 5.25. The van der Waals surface area contributed by atoms with Crippen LogP contribution in [0.1, 0.15) is 5.56 Å². The van der Waals surface area contributed by atoms with E-state index in [1.54, 1.807) is 0 Å². The standard InChI is InChI=1S/C8H10N6/c1-6-2-4-7(5-3-6)14-8(10-9)11-12-13-14/h2-5H,9H2,1H3,(H,10,11,13). The summed E-state index contributed by atoms with van der Waals surface area (Å²) in [5.74, 6) is 5.66. The van der Waals surface area contributed by atoms with Crippen LogP contribution in [0.2, 0.25) is 0 Å². The zero-order valence-corrected chi connectivity index (χ0v) is 7.68. The van der Waals surface area contributed by atoms with Crippen molar-refractivity contribution in [3.8, 4) is 5.69 Å². The highest BCUT2D eigenvalue weighted by Crippen LogP contribution is 2.10. The molecule has 6 heteroatoms. The predicted molar refractivity (Wildman–Crippen MR) is 51.7 cm³/mol. The van der Waals surface area contributed by atoms with Crippen LogP contribution in [-0.2, 0) is 0 Å². The van der Waals surface area contributed by atoms with Gasteiger partial charge in [-0.3, -0.25) is 5.43 Å². The van der Waals surface area contributed by atoms with Crippen molar-refractivity contribution in [3.63, 3.8) is 0 Å². The van der Waals surface area contributed by atoms with Gasteiger partial charge >= 0.3 is 0 Å². The Kier molecular flexibility index (Phi) is 2.11. The van der Waals surface area contributed by atoms with Crippen molar-refractivity contribution < 1.29 is 0 Å². The van der Waals surface area contributed by atoms with Crippen LogP contribution in [0.25, 0.3) is 5.69 Å². The van der Waals surface area contributed by atoms with Gasteiger partial charge in [-0.05, 0) is 29.5 Å². The molecule has 0 saturated carbocycles. The number of hydrogen-bond donors (Lipinski definition) is 2. The quantitative estimate of drug-likeness (QED) is 0.524. The van der Waals surface area contributed by atoms with Crippen LogP contribution in [0.4, 0.5) is 5.95 Å². The third-order valence-electron chi connectivity index (χ3n) is 1.88. The highest BCUT2D eigenvalue weighted by Gasteiger charge is 2.04. The van der Waals surface area contributed by atoms with Gasteiger partial charge in [-0.2, -0.15) is 4.68 Å². The van der Waals surface area contributed by atoms with Gasteiger partial charge < -0.3 is 0 Å². The van der Waals surface area contributed by atoms with Crippen molar-refractivity contribution in [2.75, 3.05) is 5.43 Å². The molecule has 0 aliphatic carbocycles. The number of aromatic nitrogens is 4. The summed E-state index contributed by atoms with van der Waals surface area (Å²) in [5.41, 5.74) is 4.47. The molecule has 0 aliphatic heterocycles. The largest absolute Gasteiger partial charge is 0.291 e. The molecule has 0 unspecified atom stereocenters. The number of benzene rings is 1. The molecule has 0 bridgehead atoms. The monoisotopic (exact) mass is 190 g/mol. The molecular formula is C8H10N6. The molecular weight excluding hydrogens is 180 g/mol. The molecule has 3 N–H and O–H groups in total. The zero-order chi connectivity index (χ0) is 9.97. The van der Waals surface area contributed by atoms with Gasteiger partial charge in [0.15, 0.2) is 0 Å². The van der Waals surface area contributed by atoms with Gasteiger partial charge in [0.05, 0.1) is 5.69 Å². The number of nitrogens with zero attached hydrogens (tertiary/aromatic N) is 4. The Morgan fingerprint density at radius 1 is 1.29 bits per heavy atom. The Morgan fingerprint density at radius 3 is 2.64 bits per heavy atom. The second kappa shape index (κ2) is 3.43. The normalized spacial score (nSPS) is 10.1. The third kappa shape index (κ3) is 1.42. The Balaban J connectivity index is 2.44. The van der Waals surface area contributed by atoms with Crippen molar-refractivity contribution >= 4 is 5.95 Å². The topological polar surface area (TPSA) is 81.7 Å². The summed E-state index contributed by atoms with van der Waals surface area (Å²) in [6.07, 6.45) is 0. The molecule has 1 aromatic heterocycles. The van der Waals surface area contributed by atoms with E-state index in [4.69, 9.17) is 5.84 Å². The highest BCUT2D eigenvalue weighted by atomic mass is 15.6. The fraction of sp³-hybridized carbons (Fsp3) is 0.125. The van der Waals surface area contributed by atoms with Gasteiger partial charge in [0.2, 0.25) is 0 Å². The summed E-state index contributed by atoms with van der Waals surface area (Å²) in [6.45, 7) is 2.02. The molecule has 1 aromatic carbocycles. The Morgan fingerprint density at radius 2 is 2.00 bits per heavy atom. The molecule has 0 amide bonds. The number of nitrogens with two attached hydrogens (primary N) is 1. The van der Waals surface area contributed by atoms with Gasteiger partial charge in [0.25, 0.3) is 5.95 Å². The molecule has 2 rings (SSSR count). The lowest BCUT2D eigenvalue weighted by molar-refractivity contribution is 0.790. The Bertz CT molecular complexity index is 418. The Labute approximate surface area is 80.7 Å². The third-order valence-corrected chi connectivity index (χ3v) is 1.88. The molecule has 14 heavy (non-hydrogen) atoms. The lowest BCUT2D eigenvalue weighted by atomic mass is 10.2. The van der Waals surface area contributed by atoms with E-state index in [-0.39, 0.29) is 0 Å². The van der Waals surface area contributed by atoms with Crippen molar-refractivity contribution in [2.24, 2.45) is 5.84 Å². The minimum absolute atomic E-state index is 0.411. The van der Waals surface area contributed by atoms with Crippen LogP contribution in [-0.4, -0.2) is 20.2 Å². The molecule has 0 saturated heterocycles. The first-order valence-corrected chi connectivity index (χ1v) is 4.13. The number of tetrazole rings is 1. The summed E-state index contributed by atoms with van der Waals surface area (Å²) in [7, 11) is 0. The summed E-state index contributed by atoms with van der Waals surface area (Å²) < 4.78 is 1.53. The first kappa shape index (κ1) is 8.64. The average molecular weight is 190 g/mol. The first-order chi connectivity index (χ1) is 6.81. The summed E-state index contributed by atoms with van der Waals surface area (Å²) in [6, 6.07) is 7.81. The average Bonchev–Trinajstić information content (AvgIpc) is 2.67. The number of hydrazine groups is 1. The van der Waals surface area contributed by atoms with Crippen LogP contribution in [0, 0.1) is 6.92 Å². The summed E-state index contributed by atoms with van der Waals surface area (Å²) >= 11 is 0. The molecule has 2 aromatic rings. The fourth-order valence-electron chi connectivity index (χ4n) is 1.14. The van der Waals surface area contributed by atoms with E-state index in [0.717, 1.165) is 5.69 Å². The maximum atomic E-state index is 5.25. The number of aryl methyl sites for hydroxylation is 1. The number of anilines is 1. The number of hydrogen-bond acceptors (Lipinski definition) is 5. The van der Waals surface area contributed by atoms with E-state index in [1.807, 2.05) is 31.2 Å². The smallest absolute Gasteiger partial charge is 0.261 e. The van der Waals surface area contributed by atoms with Gasteiger partial charge in [-0.1, -0.05) is 22.8 Å². The van der Waals surface area contributed by atoms with E-state index in [9.17, 15) is 0 Å². The van der Waals surface area contributed by atoms with Crippen molar-refractivity contribution in [1.82, 2.24) is 20.2 Å². The zero-order valence-electron chi connectivity index (χ0n) is 7.68. The molecule has 0 aliphatic rings. The van der Waals surface area contributed by atoms with E-state index in [1.165, 1.54) is 10.2 Å². The summed E-state index contributed by atoms with van der Waals surface area (Å²) in [4.78, 5) is 0. The fourth-order valence-corrected chi connectivity index (χ4v) is 1.14. The SMILES string of the molecule is Cc1ccc(-n2nnnc2NN)cc1. The second-order valence-corrected chi connectivity index (χ2v) is 2.89. The maximum Gasteiger partial charge on any atom is 0.261 e. The predicted octanol–water partition coefficient (Wildman–Crippen LogP) is 0.256. The molecule has 0 fully saturated rings. The molecule has 6 nitrogen and oxygen atoms in total. The number of rotatable bonds is 2. The van der Waals surface area contributed by atoms with Gasteiger partial charge in [-0.25, -0.2) is 5.84 Å². The molecule has 72 valence electrons. The second-order valence-electron chi connectivity index (χ2n) is 2.89. The van der Waals surface area contributed by atoms with Gasteiger partial charge in [0.1, 0.15) is 0 Å². The van der Waals surface area contributed by atoms with Crippen LogP contribution in [0.5, 0.6) is 0 Å². The molecule has 0 spiro atoms. The Hall–Kier alpha value is -1.95. The van der Waals surface area contributed by atoms with E-state index < -0.39 is 0 Å².